The maximum atomic E-state index is 14.5. The van der Waals surface area contributed by atoms with Gasteiger partial charge in [-0.05, 0) is 77.4 Å². The molecule has 6 heterocycles. The van der Waals surface area contributed by atoms with Crippen molar-refractivity contribution in [3.05, 3.63) is 139 Å². The number of rotatable bonds is 19. The number of nitrogens with zero attached hydrogens (tertiary/aromatic N) is 9. The third-order valence-electron chi connectivity index (χ3n) is 12.9. The third kappa shape index (κ3) is 15.9. The number of alkyl halides is 9. The molecule has 6 aromatic heterocycles. The van der Waals surface area contributed by atoms with Crippen molar-refractivity contribution in [3.8, 4) is 67.7 Å². The van der Waals surface area contributed by atoms with Crippen LogP contribution in [0.5, 0.6) is 0 Å². The Balaban J connectivity index is 0.000000200. The summed E-state index contributed by atoms with van der Waals surface area (Å²) < 4.78 is 200. The number of esters is 3. The molecule has 0 spiro atoms. The van der Waals surface area contributed by atoms with Gasteiger partial charge in [-0.3, -0.25) is 14.0 Å². The third-order valence-corrected chi connectivity index (χ3v) is 13.8. The fourth-order valence-electron chi connectivity index (χ4n) is 9.08. The van der Waals surface area contributed by atoms with Crippen LogP contribution in [0.25, 0.3) is 67.7 Å². The Hall–Kier alpha value is -8.76. The Kier molecular flexibility index (Phi) is 23.3. The highest BCUT2D eigenvalue weighted by Gasteiger charge is 2.45. The van der Waals surface area contributed by atoms with E-state index < -0.39 is 177 Å². The Bertz CT molecular complexity index is 3940. The van der Waals surface area contributed by atoms with Crippen molar-refractivity contribution in [1.29, 1.82) is 0 Å². The lowest BCUT2D eigenvalue weighted by molar-refractivity contribution is -0.145. The minimum atomic E-state index is -4.92. The summed E-state index contributed by atoms with van der Waals surface area (Å²) in [4.78, 5) is 37.9. The molecule has 0 fully saturated rings. The van der Waals surface area contributed by atoms with Crippen molar-refractivity contribution in [2.24, 2.45) is 0 Å². The van der Waals surface area contributed by atoms with Gasteiger partial charge in [-0.15, -0.1) is 0 Å². The topological polar surface area (TPSA) is 271 Å². The summed E-state index contributed by atoms with van der Waals surface area (Å²) in [6, 6.07) is 11.1. The molecule has 21 nitrogen and oxygen atoms in total. The summed E-state index contributed by atoms with van der Waals surface area (Å²) >= 11 is 18.1. The average molecular weight is 1400 g/mol. The first kappa shape index (κ1) is 72.7. The van der Waals surface area contributed by atoms with Crippen LogP contribution < -0.4 is 0 Å². The SMILES string of the molecule is CCOC(=O)c1c(-c2c(F)cccc2Cl)noc1-c1cnn(CC(O)CC)c1C(F)(F)F.CCOC(=O)c1c(-c2c(F)cccc2Cl)noc1-c1cnn(C[C@@H](C)O)c1C(F)(F)F.CCOC(=O)c1c(-c2c(F)cccc2Cl)noc1-c1cnn(C[C@H](C)O)c1C(F)(F)F. The molecule has 94 heavy (non-hydrogen) atoms. The highest BCUT2D eigenvalue weighted by molar-refractivity contribution is 6.34. The van der Waals surface area contributed by atoms with Crippen molar-refractivity contribution < 1.29 is 110 Å². The first-order valence-electron chi connectivity index (χ1n) is 27.5. The molecule has 3 N–H and O–H groups in total. The zero-order chi connectivity index (χ0) is 69.5. The number of aromatic nitrogens is 9. The largest absolute Gasteiger partial charge is 0.462 e. The lowest BCUT2D eigenvalue weighted by Crippen LogP contribution is -2.22. The maximum Gasteiger partial charge on any atom is 0.433 e. The molecule has 36 heteroatoms. The van der Waals surface area contributed by atoms with Crippen molar-refractivity contribution in [3.63, 3.8) is 0 Å². The highest BCUT2D eigenvalue weighted by Crippen LogP contribution is 2.46. The molecule has 0 aliphatic heterocycles. The minimum Gasteiger partial charge on any atom is -0.462 e. The second kappa shape index (κ2) is 30.1. The molecular weight excluding hydrogens is 1350 g/mol. The fourth-order valence-corrected chi connectivity index (χ4v) is 9.84. The Morgan fingerprint density at radius 1 is 0.479 bits per heavy atom. The van der Waals surface area contributed by atoms with Gasteiger partial charge in [0.05, 0.1) is 125 Å². The predicted molar refractivity (Wildman–Crippen MR) is 307 cm³/mol. The molecule has 0 radical (unpaired) electrons. The van der Waals surface area contributed by atoms with Crippen LogP contribution in [-0.2, 0) is 52.4 Å². The molecule has 9 aromatic rings. The standard InChI is InChI=1S/C20H18ClF4N3O4.2C19H16ClF4N3O4/c1-3-10(29)9-28-18(20(23,24)25)11(8-26-28)17-15(19(30)31-4-2)16(27-32-17)14-12(21)6-5-7-13(14)22;2*1-3-30-18(29)14-15(13-11(20)5-4-6-12(13)21)26-31-16(14)10-7-25-27(8-9(2)28)17(10)19(22,23)24/h5-8,10,29H,3-4,9H2,1-2H3;2*4-7,9,28H,3,8H2,1-2H3/t;2*9-/m.10/s1. The van der Waals surface area contributed by atoms with E-state index in [4.69, 9.17) is 62.6 Å². The van der Waals surface area contributed by atoms with Crippen LogP contribution in [0, 0.1) is 17.5 Å². The highest BCUT2D eigenvalue weighted by atomic mass is 35.5. The van der Waals surface area contributed by atoms with E-state index in [0.29, 0.717) is 14.0 Å². The number of aliphatic hydroxyl groups is 3. The molecule has 0 saturated carbocycles. The molecule has 0 aliphatic rings. The Labute approximate surface area is 537 Å². The van der Waals surface area contributed by atoms with Gasteiger partial charge < -0.3 is 43.1 Å². The molecule has 0 bridgehead atoms. The molecule has 3 aromatic carbocycles. The van der Waals surface area contributed by atoms with Crippen molar-refractivity contribution in [2.75, 3.05) is 19.8 Å². The van der Waals surface area contributed by atoms with Crippen LogP contribution in [0.3, 0.4) is 0 Å². The molecule has 504 valence electrons. The first-order valence-corrected chi connectivity index (χ1v) is 28.6. The van der Waals surface area contributed by atoms with E-state index in [9.17, 15) is 82.4 Å². The number of aliphatic hydroxyl groups excluding tert-OH is 3. The van der Waals surface area contributed by atoms with Crippen LogP contribution >= 0.6 is 34.8 Å². The first-order chi connectivity index (χ1) is 44.2. The van der Waals surface area contributed by atoms with Gasteiger partial charge >= 0.3 is 36.4 Å². The Morgan fingerprint density at radius 2 is 0.745 bits per heavy atom. The van der Waals surface area contributed by atoms with E-state index >= 15 is 0 Å². The number of carbonyl (C=O) groups is 3. The van der Waals surface area contributed by atoms with Gasteiger partial charge in [0.2, 0.25) is 0 Å². The number of hydrogen-bond donors (Lipinski definition) is 3. The molecule has 0 amide bonds. The van der Waals surface area contributed by atoms with Gasteiger partial charge in [0.25, 0.3) is 0 Å². The second-order valence-corrected chi connectivity index (χ2v) is 20.9. The fraction of sp³-hybridized carbons (Fsp3) is 0.328. The molecule has 0 aliphatic carbocycles. The summed E-state index contributed by atoms with van der Waals surface area (Å²) in [6.07, 6.45) is -15.5. The average Bonchev–Trinajstić information content (AvgIpc) is 1.53. The van der Waals surface area contributed by atoms with E-state index in [1.165, 1.54) is 71.0 Å². The Morgan fingerprint density at radius 3 is 0.968 bits per heavy atom. The maximum absolute atomic E-state index is 14.5. The van der Waals surface area contributed by atoms with E-state index in [-0.39, 0.29) is 58.0 Å². The zero-order valence-electron chi connectivity index (χ0n) is 49.3. The molecule has 0 saturated heterocycles. The molecule has 3 atom stereocenters. The number of halogens is 15. The lowest BCUT2D eigenvalue weighted by atomic mass is 10.0. The van der Waals surface area contributed by atoms with Crippen LogP contribution in [0.1, 0.15) is 96.1 Å². The van der Waals surface area contributed by atoms with E-state index in [2.05, 4.69) is 30.8 Å². The normalized spacial score (nSPS) is 12.8. The van der Waals surface area contributed by atoms with Gasteiger partial charge in [-0.2, -0.15) is 54.8 Å². The smallest absolute Gasteiger partial charge is 0.433 e. The van der Waals surface area contributed by atoms with Gasteiger partial charge in [0, 0.05) is 0 Å². The van der Waals surface area contributed by atoms with Gasteiger partial charge in [-0.25, -0.2) is 27.6 Å². The van der Waals surface area contributed by atoms with Crippen molar-refractivity contribution >= 4 is 52.7 Å². The summed E-state index contributed by atoms with van der Waals surface area (Å²) in [5, 5.41) is 50.4. The summed E-state index contributed by atoms with van der Waals surface area (Å²) in [5.41, 5.74) is -9.47. The van der Waals surface area contributed by atoms with E-state index in [1.54, 1.807) is 6.92 Å². The summed E-state index contributed by atoms with van der Waals surface area (Å²) in [7, 11) is 0. The number of ether oxygens (including phenoxy) is 3. The minimum absolute atomic E-state index is 0.109. The van der Waals surface area contributed by atoms with E-state index in [0.717, 1.165) is 36.8 Å². The number of hydrogen-bond acceptors (Lipinski definition) is 18. The zero-order valence-corrected chi connectivity index (χ0v) is 51.6. The van der Waals surface area contributed by atoms with Crippen molar-refractivity contribution in [1.82, 2.24) is 44.8 Å². The van der Waals surface area contributed by atoms with Crippen LogP contribution in [-0.4, -0.2) is 116 Å². The lowest BCUT2D eigenvalue weighted by Gasteiger charge is -2.14. The number of carbonyl (C=O) groups excluding carboxylic acids is 3. The van der Waals surface area contributed by atoms with Crippen LogP contribution in [0.15, 0.2) is 86.8 Å². The molecule has 9 rings (SSSR count). The van der Waals surface area contributed by atoms with Crippen molar-refractivity contribution in [2.45, 2.75) is 104 Å². The van der Waals surface area contributed by atoms with E-state index in [1.807, 2.05) is 0 Å². The monoisotopic (exact) mass is 1400 g/mol. The summed E-state index contributed by atoms with van der Waals surface area (Å²) in [6.45, 7) is 6.94. The van der Waals surface area contributed by atoms with Crippen LogP contribution in [0.4, 0.5) is 52.7 Å². The van der Waals surface area contributed by atoms with Gasteiger partial charge in [-0.1, -0.05) is 75.4 Å². The summed E-state index contributed by atoms with van der Waals surface area (Å²) in [5.74, 6) is -7.66. The second-order valence-electron chi connectivity index (χ2n) is 19.7. The van der Waals surface area contributed by atoms with Gasteiger partial charge in [0.1, 0.15) is 51.2 Å². The number of benzene rings is 3. The van der Waals surface area contributed by atoms with Gasteiger partial charge in [0.15, 0.2) is 34.4 Å². The predicted octanol–water partition coefficient (Wildman–Crippen LogP) is 14.1. The quantitative estimate of drug-likeness (QED) is 0.0385. The van der Waals surface area contributed by atoms with Crippen LogP contribution in [0.2, 0.25) is 15.1 Å². The molecule has 1 unspecified atom stereocenters. The molecular formula is C58H50Cl3F12N9O12.